The minimum absolute atomic E-state index is 0.0950. The van der Waals surface area contributed by atoms with Gasteiger partial charge in [0.05, 0.1) is 16.9 Å². The molecule has 2 heterocycles. The molecule has 8 nitrogen and oxygen atoms in total. The molecule has 2 fully saturated rings. The van der Waals surface area contributed by atoms with Crippen molar-refractivity contribution in [3.05, 3.63) is 39.7 Å². The standard InChI is InChI=1S/C22H25F2N3O5/c1-22(2,3)32-21(31)25-11-6-7-26(9-11)18-15(23)8-13-17(16(18)24)27(12-4-5-12)10-14(19(13)28)20(29)30/h8,10-12H,4-7,9H2,1-3H3,(H,25,31)(H,29,30)/t11-/m1/s1. The molecule has 1 aromatic carbocycles. The molecule has 32 heavy (non-hydrogen) atoms. The second-order valence-corrected chi connectivity index (χ2v) is 9.31. The molecule has 0 radical (unpaired) electrons. The summed E-state index contributed by atoms with van der Waals surface area (Å²) in [6, 6.07) is 0.416. The number of nitrogens with zero attached hydrogens (tertiary/aromatic N) is 2. The number of hydrogen-bond acceptors (Lipinski definition) is 5. The van der Waals surface area contributed by atoms with E-state index in [0.29, 0.717) is 13.0 Å². The lowest BCUT2D eigenvalue weighted by molar-refractivity contribution is 0.0508. The Kier molecular flexibility index (Phi) is 5.34. The van der Waals surface area contributed by atoms with Gasteiger partial charge >= 0.3 is 12.1 Å². The lowest BCUT2D eigenvalue weighted by Gasteiger charge is -2.24. The van der Waals surface area contributed by atoms with Gasteiger partial charge in [-0.25, -0.2) is 18.4 Å². The molecule has 172 valence electrons. The summed E-state index contributed by atoms with van der Waals surface area (Å²) in [4.78, 5) is 37.6. The Morgan fingerprint density at radius 2 is 1.91 bits per heavy atom. The van der Waals surface area contributed by atoms with Gasteiger partial charge in [-0.15, -0.1) is 0 Å². The number of rotatable bonds is 4. The normalized spacial score (nSPS) is 18.8. The smallest absolute Gasteiger partial charge is 0.407 e. The maximum Gasteiger partial charge on any atom is 0.407 e. The second kappa shape index (κ2) is 7.75. The number of halogens is 2. The molecule has 2 N–H and O–H groups in total. The summed E-state index contributed by atoms with van der Waals surface area (Å²) >= 11 is 0. The number of ether oxygens (including phenoxy) is 1. The van der Waals surface area contributed by atoms with Crippen LogP contribution in [0, 0.1) is 11.6 Å². The van der Waals surface area contributed by atoms with Gasteiger partial charge in [0.25, 0.3) is 0 Å². The number of alkyl carbamates (subject to hydrolysis) is 1. The molecule has 0 bridgehead atoms. The van der Waals surface area contributed by atoms with E-state index in [0.717, 1.165) is 25.1 Å². The molecule has 1 saturated heterocycles. The molecule has 1 aliphatic carbocycles. The van der Waals surface area contributed by atoms with Crippen LogP contribution in [0.1, 0.15) is 56.4 Å². The average Bonchev–Trinajstić information content (AvgIpc) is 3.41. The Bertz CT molecular complexity index is 1170. The van der Waals surface area contributed by atoms with Crippen molar-refractivity contribution in [3.8, 4) is 0 Å². The highest BCUT2D eigenvalue weighted by Gasteiger charge is 2.33. The van der Waals surface area contributed by atoms with Gasteiger partial charge in [-0.2, -0.15) is 0 Å². The number of amides is 1. The van der Waals surface area contributed by atoms with Crippen LogP contribution >= 0.6 is 0 Å². The number of aromatic nitrogens is 1. The SMILES string of the molecule is CC(C)(C)OC(=O)N[C@@H]1CCN(c2c(F)cc3c(=O)c(C(=O)O)cn(C4CC4)c3c2F)C1. The van der Waals surface area contributed by atoms with Gasteiger partial charge in [-0.05, 0) is 46.1 Å². The molecule has 1 amide bonds. The Balaban J connectivity index is 1.69. The van der Waals surface area contributed by atoms with Crippen LogP contribution in [0.2, 0.25) is 0 Å². The van der Waals surface area contributed by atoms with Crippen LogP contribution < -0.4 is 15.6 Å². The maximum absolute atomic E-state index is 15.7. The largest absolute Gasteiger partial charge is 0.477 e. The highest BCUT2D eigenvalue weighted by molar-refractivity contribution is 5.94. The Morgan fingerprint density at radius 1 is 1.22 bits per heavy atom. The minimum atomic E-state index is -1.44. The van der Waals surface area contributed by atoms with Crippen LogP contribution in [0.5, 0.6) is 0 Å². The van der Waals surface area contributed by atoms with Crippen LogP contribution in [0.4, 0.5) is 19.3 Å². The average molecular weight is 449 g/mol. The number of nitrogens with one attached hydrogen (secondary N) is 1. The number of carbonyl (C=O) groups excluding carboxylic acids is 1. The molecular formula is C22H25F2N3O5. The monoisotopic (exact) mass is 449 g/mol. The number of carbonyl (C=O) groups is 2. The lowest BCUT2D eigenvalue weighted by Crippen LogP contribution is -2.40. The third kappa shape index (κ3) is 4.13. The predicted octanol–water partition coefficient (Wildman–Crippen LogP) is 3.42. The number of anilines is 1. The third-order valence-electron chi connectivity index (χ3n) is 5.58. The quantitative estimate of drug-likeness (QED) is 0.742. The van der Waals surface area contributed by atoms with E-state index in [1.807, 2.05) is 0 Å². The summed E-state index contributed by atoms with van der Waals surface area (Å²) in [6.45, 7) is 5.67. The van der Waals surface area contributed by atoms with Crippen molar-refractivity contribution in [2.24, 2.45) is 0 Å². The Hall–Kier alpha value is -3.17. The fourth-order valence-electron chi connectivity index (χ4n) is 4.07. The van der Waals surface area contributed by atoms with Crippen LogP contribution in [0.15, 0.2) is 17.1 Å². The van der Waals surface area contributed by atoms with Crippen LogP contribution in [-0.4, -0.2) is 46.5 Å². The highest BCUT2D eigenvalue weighted by Crippen LogP contribution is 2.40. The van der Waals surface area contributed by atoms with Gasteiger partial charge in [0.1, 0.15) is 22.7 Å². The molecule has 10 heteroatoms. The van der Waals surface area contributed by atoms with Crippen molar-refractivity contribution in [2.75, 3.05) is 18.0 Å². The van der Waals surface area contributed by atoms with E-state index in [1.165, 1.54) is 9.47 Å². The van der Waals surface area contributed by atoms with Gasteiger partial charge in [0.15, 0.2) is 5.82 Å². The molecule has 1 atom stereocenters. The fraction of sp³-hybridized carbons (Fsp3) is 0.500. The van der Waals surface area contributed by atoms with E-state index in [1.54, 1.807) is 20.8 Å². The zero-order chi connectivity index (χ0) is 23.4. The summed E-state index contributed by atoms with van der Waals surface area (Å²) < 4.78 is 37.3. The van der Waals surface area contributed by atoms with Crippen LogP contribution in [-0.2, 0) is 4.74 Å². The topological polar surface area (TPSA) is 101 Å². The molecular weight excluding hydrogens is 424 g/mol. The predicted molar refractivity (Wildman–Crippen MR) is 113 cm³/mol. The first-order valence-electron chi connectivity index (χ1n) is 10.5. The Labute approximate surface area is 182 Å². The second-order valence-electron chi connectivity index (χ2n) is 9.31. The third-order valence-corrected chi connectivity index (χ3v) is 5.58. The van der Waals surface area contributed by atoms with E-state index in [-0.39, 0.29) is 35.2 Å². The lowest BCUT2D eigenvalue weighted by atomic mass is 10.1. The van der Waals surface area contributed by atoms with E-state index >= 15 is 8.78 Å². The van der Waals surface area contributed by atoms with Gasteiger partial charge in [0, 0.05) is 25.3 Å². The Morgan fingerprint density at radius 3 is 2.50 bits per heavy atom. The number of fused-ring (bicyclic) bond motifs is 1. The minimum Gasteiger partial charge on any atom is -0.477 e. The van der Waals surface area contributed by atoms with Gasteiger partial charge in [-0.3, -0.25) is 4.79 Å². The maximum atomic E-state index is 15.7. The van der Waals surface area contributed by atoms with Crippen molar-refractivity contribution in [3.63, 3.8) is 0 Å². The van der Waals surface area contributed by atoms with Gasteiger partial charge in [0.2, 0.25) is 5.43 Å². The number of pyridine rings is 1. The van der Waals surface area contributed by atoms with Gasteiger partial charge in [-0.1, -0.05) is 0 Å². The van der Waals surface area contributed by atoms with Crippen molar-refractivity contribution in [2.45, 2.75) is 57.7 Å². The molecule has 1 saturated carbocycles. The number of hydrogen-bond donors (Lipinski definition) is 2. The summed E-state index contributed by atoms with van der Waals surface area (Å²) in [7, 11) is 0. The molecule has 1 aromatic heterocycles. The fourth-order valence-corrected chi connectivity index (χ4v) is 4.07. The van der Waals surface area contributed by atoms with E-state index in [2.05, 4.69) is 5.32 Å². The van der Waals surface area contributed by atoms with E-state index in [4.69, 9.17) is 4.74 Å². The highest BCUT2D eigenvalue weighted by atomic mass is 19.1. The molecule has 2 aromatic rings. The number of aromatic carboxylic acids is 1. The van der Waals surface area contributed by atoms with E-state index in [9.17, 15) is 19.5 Å². The summed E-state index contributed by atoms with van der Waals surface area (Å²) in [5.74, 6) is -3.29. The molecule has 0 unspecified atom stereocenters. The van der Waals surface area contributed by atoms with E-state index < -0.39 is 40.3 Å². The van der Waals surface area contributed by atoms with Crippen molar-refractivity contribution in [1.29, 1.82) is 0 Å². The van der Waals surface area contributed by atoms with Crippen molar-refractivity contribution >= 4 is 28.7 Å². The number of benzene rings is 1. The molecule has 0 spiro atoms. The van der Waals surface area contributed by atoms with Crippen molar-refractivity contribution < 1.29 is 28.2 Å². The zero-order valence-electron chi connectivity index (χ0n) is 18.1. The van der Waals surface area contributed by atoms with Gasteiger partial charge < -0.3 is 24.6 Å². The molecule has 4 rings (SSSR count). The number of carboxylic acid groups (broad SMARTS) is 1. The van der Waals surface area contributed by atoms with Crippen molar-refractivity contribution in [1.82, 2.24) is 9.88 Å². The number of carboxylic acids is 1. The first kappa shape index (κ1) is 22.0. The van der Waals surface area contributed by atoms with Crippen LogP contribution in [0.25, 0.3) is 10.9 Å². The zero-order valence-corrected chi connectivity index (χ0v) is 18.1. The van der Waals surface area contributed by atoms with Crippen LogP contribution in [0.3, 0.4) is 0 Å². The molecule has 1 aliphatic heterocycles. The first-order valence-corrected chi connectivity index (χ1v) is 10.5. The summed E-state index contributed by atoms with van der Waals surface area (Å²) in [5.41, 5.74) is -2.48. The summed E-state index contributed by atoms with van der Waals surface area (Å²) in [6.07, 6.45) is 2.44. The first-order chi connectivity index (χ1) is 15.0. The molecule has 2 aliphatic rings. The summed E-state index contributed by atoms with van der Waals surface area (Å²) in [5, 5.41) is 11.8.